The van der Waals surface area contributed by atoms with Gasteiger partial charge in [-0.05, 0) is 29.7 Å². The van der Waals surface area contributed by atoms with Crippen molar-refractivity contribution in [3.8, 4) is 0 Å². The summed E-state index contributed by atoms with van der Waals surface area (Å²) in [6.07, 6.45) is 3.54. The van der Waals surface area contributed by atoms with Crippen LogP contribution >= 0.6 is 0 Å². The molecule has 0 bridgehead atoms. The number of aromatic carboxylic acids is 1. The third kappa shape index (κ3) is 2.31. The van der Waals surface area contributed by atoms with Crippen LogP contribution in [0.25, 0.3) is 21.7 Å². The fraction of sp³-hybridized carbons (Fsp3) is 0.0526. The van der Waals surface area contributed by atoms with Crippen LogP contribution in [0.5, 0.6) is 0 Å². The molecule has 4 rings (SSSR count). The molecule has 118 valence electrons. The highest BCUT2D eigenvalue weighted by molar-refractivity contribution is 6.02. The number of carboxylic acid groups (broad SMARTS) is 1. The molecule has 0 saturated heterocycles. The molecule has 0 amide bonds. The van der Waals surface area contributed by atoms with E-state index in [0.29, 0.717) is 17.4 Å². The quantitative estimate of drug-likeness (QED) is 0.619. The SMILES string of the molecule is O=C(O)c1c(F)ccc2ccn(Cc3cc4ccccc4cn3)c12. The van der Waals surface area contributed by atoms with Gasteiger partial charge in [0, 0.05) is 23.2 Å². The molecule has 0 aliphatic heterocycles. The third-order valence-corrected chi connectivity index (χ3v) is 4.11. The first kappa shape index (κ1) is 14.4. The Morgan fingerprint density at radius 3 is 2.67 bits per heavy atom. The van der Waals surface area contributed by atoms with Crippen LogP contribution in [0.3, 0.4) is 0 Å². The summed E-state index contributed by atoms with van der Waals surface area (Å²) in [6, 6.07) is 14.4. The summed E-state index contributed by atoms with van der Waals surface area (Å²) in [5.41, 5.74) is 0.850. The number of hydrogen-bond acceptors (Lipinski definition) is 2. The monoisotopic (exact) mass is 320 g/mol. The van der Waals surface area contributed by atoms with Crippen molar-refractivity contribution in [1.82, 2.24) is 9.55 Å². The zero-order chi connectivity index (χ0) is 16.7. The van der Waals surface area contributed by atoms with Gasteiger partial charge in [0.1, 0.15) is 11.4 Å². The average Bonchev–Trinajstić information content (AvgIpc) is 2.97. The van der Waals surface area contributed by atoms with Crippen LogP contribution in [-0.4, -0.2) is 20.6 Å². The van der Waals surface area contributed by atoms with E-state index in [1.807, 2.05) is 30.3 Å². The lowest BCUT2D eigenvalue weighted by Gasteiger charge is -2.09. The molecule has 4 aromatic rings. The van der Waals surface area contributed by atoms with E-state index in [0.717, 1.165) is 16.5 Å². The summed E-state index contributed by atoms with van der Waals surface area (Å²) in [6.45, 7) is 0.373. The Bertz CT molecular complexity index is 1090. The molecule has 1 N–H and O–H groups in total. The Morgan fingerprint density at radius 2 is 1.88 bits per heavy atom. The van der Waals surface area contributed by atoms with E-state index >= 15 is 0 Å². The van der Waals surface area contributed by atoms with E-state index in [-0.39, 0.29) is 5.56 Å². The van der Waals surface area contributed by atoms with Gasteiger partial charge in [-0.15, -0.1) is 0 Å². The number of hydrogen-bond donors (Lipinski definition) is 1. The molecule has 2 heterocycles. The van der Waals surface area contributed by atoms with Crippen LogP contribution in [0.15, 0.2) is 60.9 Å². The standard InChI is InChI=1S/C19H13FN2O2/c20-16-6-5-12-7-8-22(18(12)17(16)19(23)24)11-15-9-13-3-1-2-4-14(13)10-21-15/h1-10H,11H2,(H,23,24). The highest BCUT2D eigenvalue weighted by atomic mass is 19.1. The largest absolute Gasteiger partial charge is 0.478 e. The van der Waals surface area contributed by atoms with Crippen molar-refractivity contribution in [3.05, 3.63) is 78.0 Å². The van der Waals surface area contributed by atoms with Crippen molar-refractivity contribution in [2.24, 2.45) is 0 Å². The molecule has 5 heteroatoms. The lowest BCUT2D eigenvalue weighted by Crippen LogP contribution is -2.07. The van der Waals surface area contributed by atoms with Gasteiger partial charge in [-0.25, -0.2) is 9.18 Å². The molecule has 0 atom stereocenters. The number of carbonyl (C=O) groups is 1. The molecule has 0 radical (unpaired) electrons. The minimum absolute atomic E-state index is 0.307. The Kier molecular flexibility index (Phi) is 3.27. The maximum atomic E-state index is 14.0. The molecule has 0 spiro atoms. The third-order valence-electron chi connectivity index (χ3n) is 4.11. The maximum Gasteiger partial charge on any atom is 0.340 e. The summed E-state index contributed by atoms with van der Waals surface area (Å²) in [4.78, 5) is 15.9. The topological polar surface area (TPSA) is 55.1 Å². The van der Waals surface area contributed by atoms with Gasteiger partial charge in [-0.3, -0.25) is 4.98 Å². The zero-order valence-electron chi connectivity index (χ0n) is 12.6. The minimum Gasteiger partial charge on any atom is -0.478 e. The van der Waals surface area contributed by atoms with Crippen molar-refractivity contribution < 1.29 is 14.3 Å². The Labute approximate surface area is 136 Å². The van der Waals surface area contributed by atoms with Crippen LogP contribution in [0.1, 0.15) is 16.1 Å². The summed E-state index contributed by atoms with van der Waals surface area (Å²) in [7, 11) is 0. The second kappa shape index (κ2) is 5.45. The summed E-state index contributed by atoms with van der Waals surface area (Å²) < 4.78 is 15.7. The van der Waals surface area contributed by atoms with Crippen molar-refractivity contribution in [3.63, 3.8) is 0 Å². The summed E-state index contributed by atoms with van der Waals surface area (Å²) in [5, 5.41) is 12.1. The molecular weight excluding hydrogens is 307 g/mol. The Morgan fingerprint density at radius 1 is 1.08 bits per heavy atom. The van der Waals surface area contributed by atoms with E-state index in [2.05, 4.69) is 4.98 Å². The predicted molar refractivity (Wildman–Crippen MR) is 89.7 cm³/mol. The molecule has 0 aliphatic rings. The number of benzene rings is 2. The van der Waals surface area contributed by atoms with E-state index in [9.17, 15) is 14.3 Å². The number of rotatable bonds is 3. The first-order valence-corrected chi connectivity index (χ1v) is 7.48. The van der Waals surface area contributed by atoms with Gasteiger partial charge in [-0.2, -0.15) is 0 Å². The highest BCUT2D eigenvalue weighted by Crippen LogP contribution is 2.24. The summed E-state index contributed by atoms with van der Waals surface area (Å²) >= 11 is 0. The van der Waals surface area contributed by atoms with Gasteiger partial charge in [0.2, 0.25) is 0 Å². The molecule has 0 aliphatic carbocycles. The zero-order valence-corrected chi connectivity index (χ0v) is 12.6. The van der Waals surface area contributed by atoms with Crippen LogP contribution < -0.4 is 0 Å². The average molecular weight is 320 g/mol. The van der Waals surface area contributed by atoms with E-state index in [1.165, 1.54) is 6.07 Å². The second-order valence-electron chi connectivity index (χ2n) is 5.63. The first-order valence-electron chi connectivity index (χ1n) is 7.48. The van der Waals surface area contributed by atoms with Crippen molar-refractivity contribution in [2.45, 2.75) is 6.54 Å². The molecule has 24 heavy (non-hydrogen) atoms. The number of pyridine rings is 1. The first-order chi connectivity index (χ1) is 11.6. The molecule has 0 saturated carbocycles. The predicted octanol–water partition coefficient (Wildman–Crippen LogP) is 4.08. The van der Waals surface area contributed by atoms with E-state index in [1.54, 1.807) is 29.1 Å². The maximum absolute atomic E-state index is 14.0. The van der Waals surface area contributed by atoms with Crippen molar-refractivity contribution in [1.29, 1.82) is 0 Å². The molecular formula is C19H13FN2O2. The lowest BCUT2D eigenvalue weighted by atomic mass is 10.1. The van der Waals surface area contributed by atoms with Crippen LogP contribution in [0.2, 0.25) is 0 Å². The van der Waals surface area contributed by atoms with Gasteiger partial charge in [-0.1, -0.05) is 24.3 Å². The molecule has 0 fully saturated rings. The van der Waals surface area contributed by atoms with Crippen LogP contribution in [0.4, 0.5) is 4.39 Å². The number of aromatic nitrogens is 2. The van der Waals surface area contributed by atoms with E-state index < -0.39 is 11.8 Å². The van der Waals surface area contributed by atoms with Gasteiger partial charge in [0.05, 0.1) is 17.8 Å². The Hall–Kier alpha value is -3.21. The van der Waals surface area contributed by atoms with Crippen molar-refractivity contribution in [2.75, 3.05) is 0 Å². The normalized spacial score (nSPS) is 11.2. The molecule has 2 aromatic heterocycles. The minimum atomic E-state index is -1.27. The summed E-state index contributed by atoms with van der Waals surface area (Å²) in [5.74, 6) is -2.01. The Balaban J connectivity index is 1.84. The van der Waals surface area contributed by atoms with Crippen LogP contribution in [-0.2, 0) is 6.54 Å². The molecule has 0 unspecified atom stereocenters. The second-order valence-corrected chi connectivity index (χ2v) is 5.63. The molecule has 2 aromatic carbocycles. The lowest BCUT2D eigenvalue weighted by molar-refractivity contribution is 0.0693. The fourth-order valence-electron chi connectivity index (χ4n) is 3.00. The van der Waals surface area contributed by atoms with Gasteiger partial charge in [0.25, 0.3) is 0 Å². The fourth-order valence-corrected chi connectivity index (χ4v) is 3.00. The van der Waals surface area contributed by atoms with Crippen LogP contribution in [0, 0.1) is 5.82 Å². The number of halogens is 1. The number of carboxylic acids is 1. The molecule has 4 nitrogen and oxygen atoms in total. The smallest absolute Gasteiger partial charge is 0.340 e. The highest BCUT2D eigenvalue weighted by Gasteiger charge is 2.18. The number of fused-ring (bicyclic) bond motifs is 2. The van der Waals surface area contributed by atoms with E-state index in [4.69, 9.17) is 0 Å². The van der Waals surface area contributed by atoms with Crippen molar-refractivity contribution >= 4 is 27.6 Å². The number of nitrogens with zero attached hydrogens (tertiary/aromatic N) is 2. The van der Waals surface area contributed by atoms with Gasteiger partial charge in [0.15, 0.2) is 0 Å². The van der Waals surface area contributed by atoms with Gasteiger partial charge < -0.3 is 9.67 Å². The van der Waals surface area contributed by atoms with Gasteiger partial charge >= 0.3 is 5.97 Å².